The summed E-state index contributed by atoms with van der Waals surface area (Å²) in [6.07, 6.45) is 10.1. The fourth-order valence-electron chi connectivity index (χ4n) is 2.43. The van der Waals surface area contributed by atoms with Gasteiger partial charge in [-0.05, 0) is 18.9 Å². The second kappa shape index (κ2) is 6.42. The van der Waals surface area contributed by atoms with E-state index in [1.54, 1.807) is 6.20 Å². The molecule has 0 saturated heterocycles. The Bertz CT molecular complexity index is 326. The summed E-state index contributed by atoms with van der Waals surface area (Å²) in [7, 11) is 0. The first kappa shape index (κ1) is 12.1. The van der Waals surface area contributed by atoms with Gasteiger partial charge < -0.3 is 5.32 Å². The summed E-state index contributed by atoms with van der Waals surface area (Å²) in [5, 5.41) is 9.71. The Morgan fingerprint density at radius 1 is 1.29 bits per heavy atom. The first-order valence-electron chi connectivity index (χ1n) is 6.62. The van der Waals surface area contributed by atoms with E-state index in [0.717, 1.165) is 18.5 Å². The molecule has 0 unspecified atom stereocenters. The third-order valence-electron chi connectivity index (χ3n) is 3.49. The first-order valence-corrected chi connectivity index (χ1v) is 6.62. The molecule has 1 aliphatic carbocycles. The van der Waals surface area contributed by atoms with Gasteiger partial charge in [0.25, 0.3) is 0 Å². The molecule has 1 aromatic rings. The second-order valence-electron chi connectivity index (χ2n) is 4.84. The van der Waals surface area contributed by atoms with Crippen molar-refractivity contribution in [2.45, 2.75) is 51.5 Å². The van der Waals surface area contributed by atoms with Crippen molar-refractivity contribution in [1.82, 2.24) is 15.5 Å². The Morgan fingerprint density at radius 3 is 2.65 bits per heavy atom. The van der Waals surface area contributed by atoms with E-state index < -0.39 is 0 Å². The van der Waals surface area contributed by atoms with Crippen LogP contribution < -0.4 is 5.32 Å². The summed E-state index contributed by atoms with van der Waals surface area (Å²) in [6.45, 7) is 0.565. The van der Waals surface area contributed by atoms with E-state index in [2.05, 4.69) is 15.5 Å². The average molecular weight is 235 g/mol. The zero-order valence-electron chi connectivity index (χ0n) is 10.2. The lowest BCUT2D eigenvalue weighted by atomic mass is 9.90. The van der Waals surface area contributed by atoms with Crippen molar-refractivity contribution < 1.29 is 4.79 Å². The Morgan fingerprint density at radius 2 is 2.00 bits per heavy atom. The minimum Gasteiger partial charge on any atom is -0.350 e. The number of rotatable bonds is 3. The number of nitrogens with one attached hydrogen (secondary N) is 2. The zero-order valence-corrected chi connectivity index (χ0v) is 10.2. The molecule has 0 radical (unpaired) electrons. The van der Waals surface area contributed by atoms with Crippen LogP contribution in [0, 0.1) is 5.92 Å². The summed E-state index contributed by atoms with van der Waals surface area (Å²) in [5.41, 5.74) is 0.962. The predicted octanol–water partition coefficient (Wildman–Crippen LogP) is 2.39. The molecular weight excluding hydrogens is 214 g/mol. The van der Waals surface area contributed by atoms with Crippen molar-refractivity contribution in [3.05, 3.63) is 18.0 Å². The monoisotopic (exact) mass is 235 g/mol. The minimum atomic E-state index is 0.210. The molecule has 2 rings (SSSR count). The molecular formula is C13H21N3O. The van der Waals surface area contributed by atoms with Crippen LogP contribution in [-0.2, 0) is 11.3 Å². The van der Waals surface area contributed by atoms with Crippen molar-refractivity contribution in [3.8, 4) is 0 Å². The molecule has 0 aliphatic heterocycles. The van der Waals surface area contributed by atoms with E-state index in [1.165, 1.54) is 32.1 Å². The van der Waals surface area contributed by atoms with Crippen LogP contribution in [0.25, 0.3) is 0 Å². The molecule has 17 heavy (non-hydrogen) atoms. The van der Waals surface area contributed by atoms with Crippen LogP contribution in [0.4, 0.5) is 0 Å². The van der Waals surface area contributed by atoms with Gasteiger partial charge in [-0.2, -0.15) is 5.10 Å². The fourth-order valence-corrected chi connectivity index (χ4v) is 2.43. The lowest BCUT2D eigenvalue weighted by molar-refractivity contribution is -0.125. The van der Waals surface area contributed by atoms with Crippen LogP contribution >= 0.6 is 0 Å². The first-order chi connectivity index (χ1) is 8.36. The predicted molar refractivity (Wildman–Crippen MR) is 66.2 cm³/mol. The van der Waals surface area contributed by atoms with Gasteiger partial charge in [0.2, 0.25) is 5.91 Å². The van der Waals surface area contributed by atoms with Crippen molar-refractivity contribution in [2.75, 3.05) is 0 Å². The summed E-state index contributed by atoms with van der Waals surface area (Å²) < 4.78 is 0. The quantitative estimate of drug-likeness (QED) is 0.845. The lowest BCUT2D eigenvalue weighted by Gasteiger charge is -2.18. The maximum absolute atomic E-state index is 12.0. The van der Waals surface area contributed by atoms with Crippen LogP contribution in [-0.4, -0.2) is 16.1 Å². The van der Waals surface area contributed by atoms with Gasteiger partial charge in [0.15, 0.2) is 0 Å². The van der Waals surface area contributed by atoms with Crippen LogP contribution in [0.3, 0.4) is 0 Å². The van der Waals surface area contributed by atoms with Crippen LogP contribution in [0.15, 0.2) is 12.3 Å². The molecule has 0 atom stereocenters. The smallest absolute Gasteiger partial charge is 0.223 e. The molecule has 4 nitrogen and oxygen atoms in total. The van der Waals surface area contributed by atoms with Gasteiger partial charge >= 0.3 is 0 Å². The number of hydrogen-bond acceptors (Lipinski definition) is 2. The second-order valence-corrected chi connectivity index (χ2v) is 4.84. The average Bonchev–Trinajstić information content (AvgIpc) is 2.78. The molecule has 94 valence electrons. The van der Waals surface area contributed by atoms with Gasteiger partial charge in [0.1, 0.15) is 0 Å². The lowest BCUT2D eigenvalue weighted by Crippen LogP contribution is -2.30. The summed E-state index contributed by atoms with van der Waals surface area (Å²) in [5.74, 6) is 0.430. The molecule has 0 spiro atoms. The van der Waals surface area contributed by atoms with Crippen LogP contribution in [0.5, 0.6) is 0 Å². The van der Waals surface area contributed by atoms with E-state index in [4.69, 9.17) is 0 Å². The number of H-pyrrole nitrogens is 1. The molecule has 1 fully saturated rings. The van der Waals surface area contributed by atoms with Crippen LogP contribution in [0.2, 0.25) is 0 Å². The molecule has 1 aromatic heterocycles. The highest BCUT2D eigenvalue weighted by atomic mass is 16.1. The van der Waals surface area contributed by atoms with Gasteiger partial charge in [-0.15, -0.1) is 0 Å². The topological polar surface area (TPSA) is 57.8 Å². The van der Waals surface area contributed by atoms with E-state index in [1.807, 2.05) is 6.07 Å². The van der Waals surface area contributed by atoms with Crippen molar-refractivity contribution in [1.29, 1.82) is 0 Å². The number of aromatic nitrogens is 2. The van der Waals surface area contributed by atoms with Crippen molar-refractivity contribution >= 4 is 5.91 Å². The number of carbonyl (C=O) groups is 1. The Labute approximate surface area is 102 Å². The van der Waals surface area contributed by atoms with E-state index in [0.29, 0.717) is 6.54 Å². The van der Waals surface area contributed by atoms with E-state index in [9.17, 15) is 4.79 Å². The largest absolute Gasteiger partial charge is 0.350 e. The third-order valence-corrected chi connectivity index (χ3v) is 3.49. The molecule has 1 amide bonds. The van der Waals surface area contributed by atoms with E-state index in [-0.39, 0.29) is 11.8 Å². The number of carbonyl (C=O) groups excluding carboxylic acids is 1. The minimum absolute atomic E-state index is 0.210. The maximum Gasteiger partial charge on any atom is 0.223 e. The van der Waals surface area contributed by atoms with Crippen molar-refractivity contribution in [2.24, 2.45) is 5.92 Å². The highest BCUT2D eigenvalue weighted by molar-refractivity contribution is 5.78. The van der Waals surface area contributed by atoms with Crippen LogP contribution in [0.1, 0.15) is 50.6 Å². The standard InChI is InChI=1S/C13H21N3O/c17-13(14-10-12-8-9-15-16-12)11-6-4-2-1-3-5-7-11/h8-9,11H,1-7,10H2,(H,14,17)(H,15,16). The number of nitrogens with zero attached hydrogens (tertiary/aromatic N) is 1. The highest BCUT2D eigenvalue weighted by Crippen LogP contribution is 2.22. The molecule has 2 N–H and O–H groups in total. The SMILES string of the molecule is O=C(NCc1ccn[nH]1)C1CCCCCCC1. The van der Waals surface area contributed by atoms with Crippen molar-refractivity contribution in [3.63, 3.8) is 0 Å². The Hall–Kier alpha value is -1.32. The summed E-state index contributed by atoms with van der Waals surface area (Å²) in [4.78, 5) is 12.0. The third kappa shape index (κ3) is 3.88. The molecule has 1 aliphatic rings. The summed E-state index contributed by atoms with van der Waals surface area (Å²) in [6, 6.07) is 1.89. The molecule has 0 bridgehead atoms. The highest BCUT2D eigenvalue weighted by Gasteiger charge is 2.18. The molecule has 0 aromatic carbocycles. The zero-order chi connectivity index (χ0) is 11.9. The Balaban J connectivity index is 1.77. The number of aromatic amines is 1. The van der Waals surface area contributed by atoms with Gasteiger partial charge in [-0.1, -0.05) is 32.1 Å². The normalized spacial score (nSPS) is 18.4. The molecule has 1 saturated carbocycles. The Kier molecular flexibility index (Phi) is 4.59. The van der Waals surface area contributed by atoms with Gasteiger partial charge in [0, 0.05) is 12.1 Å². The fraction of sp³-hybridized carbons (Fsp3) is 0.692. The molecule has 1 heterocycles. The van der Waals surface area contributed by atoms with Gasteiger partial charge in [0.05, 0.1) is 12.2 Å². The number of hydrogen-bond donors (Lipinski definition) is 2. The maximum atomic E-state index is 12.0. The molecule has 4 heteroatoms. The van der Waals surface area contributed by atoms with E-state index >= 15 is 0 Å². The summed E-state index contributed by atoms with van der Waals surface area (Å²) >= 11 is 0. The number of amides is 1. The van der Waals surface area contributed by atoms with Gasteiger partial charge in [-0.25, -0.2) is 0 Å². The van der Waals surface area contributed by atoms with Gasteiger partial charge in [-0.3, -0.25) is 9.89 Å².